The Morgan fingerprint density at radius 1 is 1.50 bits per heavy atom. The lowest BCUT2D eigenvalue weighted by molar-refractivity contribution is 0.518. The van der Waals surface area contributed by atoms with Gasteiger partial charge in [-0.1, -0.05) is 13.0 Å². The highest BCUT2D eigenvalue weighted by Crippen LogP contribution is 2.29. The summed E-state index contributed by atoms with van der Waals surface area (Å²) in [4.78, 5) is 0. The van der Waals surface area contributed by atoms with Gasteiger partial charge in [0.1, 0.15) is 0 Å². The van der Waals surface area contributed by atoms with Gasteiger partial charge in [0, 0.05) is 11.3 Å². The molecule has 1 N–H and O–H groups in total. The molecule has 0 heterocycles. The zero-order valence-electron chi connectivity index (χ0n) is 9.30. The minimum Gasteiger partial charge on any atom is -0.314 e. The summed E-state index contributed by atoms with van der Waals surface area (Å²) in [5, 5.41) is 4.57. The molecule has 0 aromatic carbocycles. The van der Waals surface area contributed by atoms with E-state index in [1.54, 1.807) is 0 Å². The Balaban J connectivity index is 2.01. The van der Waals surface area contributed by atoms with Crippen LogP contribution in [0, 0.1) is 0 Å². The van der Waals surface area contributed by atoms with Crippen LogP contribution in [0.5, 0.6) is 0 Å². The van der Waals surface area contributed by atoms with Crippen molar-refractivity contribution in [1.29, 1.82) is 0 Å². The van der Waals surface area contributed by atoms with Crippen molar-refractivity contribution in [2.45, 2.75) is 50.3 Å². The molecule has 1 rings (SSSR count). The van der Waals surface area contributed by atoms with Crippen molar-refractivity contribution < 1.29 is 0 Å². The van der Waals surface area contributed by atoms with Crippen molar-refractivity contribution in [3.63, 3.8) is 0 Å². The lowest BCUT2D eigenvalue weighted by Crippen LogP contribution is -2.27. The molecule has 0 spiro atoms. The maximum Gasteiger partial charge on any atom is 0.00780 e. The van der Waals surface area contributed by atoms with Crippen LogP contribution in [0.1, 0.15) is 39.0 Å². The van der Waals surface area contributed by atoms with E-state index in [1.165, 1.54) is 38.0 Å². The Hall–Kier alpha value is 0.0500. The van der Waals surface area contributed by atoms with Gasteiger partial charge in [0.2, 0.25) is 0 Å². The van der Waals surface area contributed by atoms with Gasteiger partial charge in [-0.2, -0.15) is 11.8 Å². The van der Waals surface area contributed by atoms with Gasteiger partial charge in [0.15, 0.2) is 0 Å². The lowest BCUT2D eigenvalue weighted by Gasteiger charge is -2.12. The standard InChI is InChI=1S/C12H23NS/c1-3-5-6-9-13-11-7-8-12(10-11)14-4-2/h3,11-13H,1,4-10H2,2H3. The second kappa shape index (κ2) is 7.36. The molecule has 82 valence electrons. The first-order valence-corrected chi connectivity index (χ1v) is 6.87. The summed E-state index contributed by atoms with van der Waals surface area (Å²) in [5.74, 6) is 1.27. The maximum absolute atomic E-state index is 3.74. The fourth-order valence-corrected chi connectivity index (χ4v) is 3.21. The third kappa shape index (κ3) is 4.52. The van der Waals surface area contributed by atoms with Gasteiger partial charge >= 0.3 is 0 Å². The SMILES string of the molecule is C=CCCCNC1CCC(SCC)C1. The predicted octanol–water partition coefficient (Wildman–Crippen LogP) is 3.22. The molecule has 0 aliphatic heterocycles. The van der Waals surface area contributed by atoms with Crippen molar-refractivity contribution in [2.24, 2.45) is 0 Å². The Morgan fingerprint density at radius 2 is 2.36 bits per heavy atom. The van der Waals surface area contributed by atoms with Crippen LogP contribution in [-0.4, -0.2) is 23.6 Å². The first-order chi connectivity index (χ1) is 6.86. The van der Waals surface area contributed by atoms with Crippen LogP contribution in [-0.2, 0) is 0 Å². The molecule has 14 heavy (non-hydrogen) atoms. The van der Waals surface area contributed by atoms with Gasteiger partial charge in [-0.3, -0.25) is 0 Å². The fraction of sp³-hybridized carbons (Fsp3) is 0.833. The summed E-state index contributed by atoms with van der Waals surface area (Å²) in [5.41, 5.74) is 0. The fourth-order valence-electron chi connectivity index (χ4n) is 2.07. The second-order valence-corrected chi connectivity index (χ2v) is 5.55. The number of hydrogen-bond donors (Lipinski definition) is 1. The highest BCUT2D eigenvalue weighted by atomic mass is 32.2. The summed E-state index contributed by atoms with van der Waals surface area (Å²) < 4.78 is 0. The molecule has 2 atom stereocenters. The molecule has 0 amide bonds. The zero-order valence-corrected chi connectivity index (χ0v) is 10.1. The van der Waals surface area contributed by atoms with Crippen LogP contribution >= 0.6 is 11.8 Å². The van der Waals surface area contributed by atoms with E-state index in [-0.39, 0.29) is 0 Å². The highest BCUT2D eigenvalue weighted by Gasteiger charge is 2.23. The number of rotatable bonds is 7. The van der Waals surface area contributed by atoms with Crippen molar-refractivity contribution in [1.82, 2.24) is 5.32 Å². The molecule has 0 radical (unpaired) electrons. The average Bonchev–Trinajstić information content (AvgIpc) is 2.61. The second-order valence-electron chi connectivity index (χ2n) is 3.97. The van der Waals surface area contributed by atoms with Gasteiger partial charge in [-0.05, 0) is 44.4 Å². The summed E-state index contributed by atoms with van der Waals surface area (Å²) in [6, 6.07) is 0.795. The number of allylic oxidation sites excluding steroid dienone is 1. The predicted molar refractivity (Wildman–Crippen MR) is 67.0 cm³/mol. The zero-order chi connectivity index (χ0) is 10.2. The first-order valence-electron chi connectivity index (χ1n) is 5.82. The van der Waals surface area contributed by atoms with Crippen molar-refractivity contribution in [3.05, 3.63) is 12.7 Å². The molecule has 2 unspecified atom stereocenters. The third-order valence-electron chi connectivity index (χ3n) is 2.80. The van der Waals surface area contributed by atoms with Crippen LogP contribution in [0.2, 0.25) is 0 Å². The number of nitrogens with one attached hydrogen (secondary N) is 1. The quantitative estimate of drug-likeness (QED) is 0.515. The topological polar surface area (TPSA) is 12.0 Å². The molecule has 1 fully saturated rings. The van der Waals surface area contributed by atoms with Crippen LogP contribution < -0.4 is 5.32 Å². The van der Waals surface area contributed by atoms with Gasteiger partial charge in [0.05, 0.1) is 0 Å². The van der Waals surface area contributed by atoms with E-state index in [9.17, 15) is 0 Å². The molecular weight excluding hydrogens is 190 g/mol. The van der Waals surface area contributed by atoms with Crippen molar-refractivity contribution in [2.75, 3.05) is 12.3 Å². The molecule has 0 bridgehead atoms. The minimum atomic E-state index is 0.795. The average molecular weight is 213 g/mol. The largest absolute Gasteiger partial charge is 0.314 e. The lowest BCUT2D eigenvalue weighted by atomic mass is 10.2. The Labute approximate surface area is 92.7 Å². The first kappa shape index (κ1) is 12.1. The molecule has 2 heteroatoms. The molecular formula is C12H23NS. The van der Waals surface area contributed by atoms with E-state index >= 15 is 0 Å². The van der Waals surface area contributed by atoms with E-state index in [0.717, 1.165) is 17.7 Å². The van der Waals surface area contributed by atoms with E-state index < -0.39 is 0 Å². The summed E-state index contributed by atoms with van der Waals surface area (Å²) in [7, 11) is 0. The van der Waals surface area contributed by atoms with Gasteiger partial charge in [-0.25, -0.2) is 0 Å². The Kier molecular flexibility index (Phi) is 6.37. The Morgan fingerprint density at radius 3 is 3.07 bits per heavy atom. The molecule has 1 aliphatic rings. The van der Waals surface area contributed by atoms with Crippen LogP contribution in [0.15, 0.2) is 12.7 Å². The number of hydrogen-bond acceptors (Lipinski definition) is 2. The molecule has 0 aromatic rings. The monoisotopic (exact) mass is 213 g/mol. The van der Waals surface area contributed by atoms with E-state index in [1.807, 2.05) is 6.08 Å². The molecule has 1 nitrogen and oxygen atoms in total. The number of unbranched alkanes of at least 4 members (excludes halogenated alkanes) is 1. The maximum atomic E-state index is 3.74. The van der Waals surface area contributed by atoms with Gasteiger partial charge < -0.3 is 5.32 Å². The van der Waals surface area contributed by atoms with Gasteiger partial charge in [0.25, 0.3) is 0 Å². The smallest absolute Gasteiger partial charge is 0.00780 e. The summed E-state index contributed by atoms with van der Waals surface area (Å²) >= 11 is 2.13. The molecule has 1 aliphatic carbocycles. The van der Waals surface area contributed by atoms with Crippen LogP contribution in [0.4, 0.5) is 0 Å². The number of thioether (sulfide) groups is 1. The normalized spacial score (nSPS) is 26.6. The molecule has 0 aromatic heterocycles. The van der Waals surface area contributed by atoms with Crippen molar-refractivity contribution in [3.8, 4) is 0 Å². The highest BCUT2D eigenvalue weighted by molar-refractivity contribution is 7.99. The summed E-state index contributed by atoms with van der Waals surface area (Å²) in [6.07, 6.45) is 8.57. The van der Waals surface area contributed by atoms with E-state index in [4.69, 9.17) is 0 Å². The third-order valence-corrected chi connectivity index (χ3v) is 4.04. The summed E-state index contributed by atoms with van der Waals surface area (Å²) in [6.45, 7) is 7.16. The molecule has 1 saturated carbocycles. The van der Waals surface area contributed by atoms with Gasteiger partial charge in [-0.15, -0.1) is 6.58 Å². The van der Waals surface area contributed by atoms with E-state index in [0.29, 0.717) is 0 Å². The Bertz CT molecular complexity index is 158. The minimum absolute atomic E-state index is 0.795. The van der Waals surface area contributed by atoms with Crippen LogP contribution in [0.3, 0.4) is 0 Å². The van der Waals surface area contributed by atoms with Crippen LogP contribution in [0.25, 0.3) is 0 Å². The van der Waals surface area contributed by atoms with Crippen molar-refractivity contribution >= 4 is 11.8 Å². The van der Waals surface area contributed by atoms with E-state index in [2.05, 4.69) is 30.6 Å². The molecule has 0 saturated heterocycles.